The molecule has 19 heavy (non-hydrogen) atoms. The summed E-state index contributed by atoms with van der Waals surface area (Å²) >= 11 is 0. The predicted octanol–water partition coefficient (Wildman–Crippen LogP) is 3.78. The summed E-state index contributed by atoms with van der Waals surface area (Å²) in [5.41, 5.74) is -0.833. The van der Waals surface area contributed by atoms with Crippen LogP contribution in [0.3, 0.4) is 0 Å². The van der Waals surface area contributed by atoms with Crippen LogP contribution >= 0.6 is 0 Å². The Morgan fingerprint density at radius 1 is 1.05 bits per heavy atom. The predicted molar refractivity (Wildman–Crippen MR) is 75.0 cm³/mol. The molecule has 4 nitrogen and oxygen atoms in total. The minimum absolute atomic E-state index is 0.215. The molecule has 0 fully saturated rings. The van der Waals surface area contributed by atoms with Crippen LogP contribution in [0.15, 0.2) is 0 Å². The molecule has 0 rings (SSSR count). The van der Waals surface area contributed by atoms with Gasteiger partial charge in [-0.15, -0.1) is 0 Å². The highest BCUT2D eigenvalue weighted by atomic mass is 16.6. The lowest BCUT2D eigenvalue weighted by atomic mass is 9.74. The van der Waals surface area contributed by atoms with E-state index in [4.69, 9.17) is 9.84 Å². The molecule has 1 unspecified atom stereocenters. The number of aliphatic carboxylic acids is 1. The molecule has 0 spiro atoms. The lowest BCUT2D eigenvalue weighted by molar-refractivity contribution is -0.174. The van der Waals surface area contributed by atoms with E-state index in [1.54, 1.807) is 0 Å². The van der Waals surface area contributed by atoms with Crippen molar-refractivity contribution < 1.29 is 19.4 Å². The number of hydrogen-bond acceptors (Lipinski definition) is 3. The zero-order chi connectivity index (χ0) is 15.1. The molecule has 1 atom stereocenters. The molecule has 1 N–H and O–H groups in total. The number of ether oxygens (including phenoxy) is 1. The van der Waals surface area contributed by atoms with Gasteiger partial charge in [0, 0.05) is 5.41 Å². The minimum atomic E-state index is -1.15. The summed E-state index contributed by atoms with van der Waals surface area (Å²) in [5.74, 6) is -1.80. The number of carboxylic acids is 1. The van der Waals surface area contributed by atoms with E-state index in [-0.39, 0.29) is 5.41 Å². The highest BCUT2D eigenvalue weighted by molar-refractivity contribution is 5.90. The second kappa shape index (κ2) is 7.51. The summed E-state index contributed by atoms with van der Waals surface area (Å²) in [6.45, 7) is 10.1. The van der Waals surface area contributed by atoms with Crippen LogP contribution in [0.2, 0.25) is 0 Å². The molecule has 0 aromatic rings. The summed E-state index contributed by atoms with van der Waals surface area (Å²) < 4.78 is 5.47. The molecule has 0 aromatic carbocycles. The molecule has 0 aromatic heterocycles. The fourth-order valence-corrected chi connectivity index (χ4v) is 1.88. The van der Waals surface area contributed by atoms with Crippen LogP contribution in [0.4, 0.5) is 0 Å². The molecule has 0 saturated heterocycles. The van der Waals surface area contributed by atoms with Crippen LogP contribution in [0.5, 0.6) is 0 Å². The Kier molecular flexibility index (Phi) is 7.09. The van der Waals surface area contributed by atoms with Gasteiger partial charge in [0.2, 0.25) is 0 Å². The van der Waals surface area contributed by atoms with Crippen molar-refractivity contribution in [1.29, 1.82) is 0 Å². The molecule has 0 aliphatic carbocycles. The van der Waals surface area contributed by atoms with Gasteiger partial charge in [-0.3, -0.25) is 9.59 Å². The number of rotatable bonds is 8. The number of esters is 1. The molecule has 0 amide bonds. The van der Waals surface area contributed by atoms with E-state index < -0.39 is 24.0 Å². The van der Waals surface area contributed by atoms with Gasteiger partial charge in [0.25, 0.3) is 0 Å². The van der Waals surface area contributed by atoms with Gasteiger partial charge >= 0.3 is 11.9 Å². The highest BCUT2D eigenvalue weighted by Crippen LogP contribution is 2.38. The Morgan fingerprint density at radius 2 is 1.63 bits per heavy atom. The average Bonchev–Trinajstić information content (AvgIpc) is 2.21. The van der Waals surface area contributed by atoms with Crippen LogP contribution in [0.25, 0.3) is 0 Å². The zero-order valence-corrected chi connectivity index (χ0v) is 12.9. The van der Waals surface area contributed by atoms with E-state index in [1.165, 1.54) is 6.42 Å². The number of carbonyl (C=O) groups excluding carboxylic acids is 1. The SMILES string of the molecule is CCCCCCC(C)(OC(=O)CC(=O)O)C(C)(C)C. The molecular formula is C15H28O4. The van der Waals surface area contributed by atoms with Crippen molar-refractivity contribution >= 4 is 11.9 Å². The van der Waals surface area contributed by atoms with Crippen LogP contribution in [-0.4, -0.2) is 22.6 Å². The van der Waals surface area contributed by atoms with Crippen molar-refractivity contribution in [3.05, 3.63) is 0 Å². The van der Waals surface area contributed by atoms with Gasteiger partial charge in [0.15, 0.2) is 0 Å². The highest BCUT2D eigenvalue weighted by Gasteiger charge is 2.40. The standard InChI is InChI=1S/C15H28O4/c1-6-7-8-9-10-15(5,14(2,3)4)19-13(18)11-12(16)17/h6-11H2,1-5H3,(H,16,17). The van der Waals surface area contributed by atoms with Crippen molar-refractivity contribution in [2.75, 3.05) is 0 Å². The van der Waals surface area contributed by atoms with Crippen molar-refractivity contribution in [2.24, 2.45) is 5.41 Å². The van der Waals surface area contributed by atoms with Crippen molar-refractivity contribution in [3.8, 4) is 0 Å². The van der Waals surface area contributed by atoms with E-state index in [2.05, 4.69) is 6.92 Å². The third-order valence-corrected chi connectivity index (χ3v) is 3.73. The maximum Gasteiger partial charge on any atom is 0.317 e. The lowest BCUT2D eigenvalue weighted by Gasteiger charge is -2.41. The Morgan fingerprint density at radius 3 is 2.05 bits per heavy atom. The first-order chi connectivity index (χ1) is 8.62. The van der Waals surface area contributed by atoms with Gasteiger partial charge in [-0.2, -0.15) is 0 Å². The first-order valence-electron chi connectivity index (χ1n) is 7.06. The first-order valence-corrected chi connectivity index (χ1v) is 7.06. The number of hydrogen-bond donors (Lipinski definition) is 1. The van der Waals surface area contributed by atoms with Crippen LogP contribution in [0.1, 0.15) is 73.1 Å². The second-order valence-electron chi connectivity index (χ2n) is 6.34. The van der Waals surface area contributed by atoms with Crippen molar-refractivity contribution in [1.82, 2.24) is 0 Å². The Bertz CT molecular complexity index is 304. The quantitative estimate of drug-likeness (QED) is 0.415. The van der Waals surface area contributed by atoms with Gasteiger partial charge in [-0.25, -0.2) is 0 Å². The minimum Gasteiger partial charge on any atom is -0.481 e. The lowest BCUT2D eigenvalue weighted by Crippen LogP contribution is -2.44. The maximum atomic E-state index is 11.6. The molecule has 0 aliphatic rings. The normalized spacial score (nSPS) is 14.8. The first kappa shape index (κ1) is 17.9. The smallest absolute Gasteiger partial charge is 0.317 e. The molecule has 0 bridgehead atoms. The Labute approximate surface area is 116 Å². The van der Waals surface area contributed by atoms with Crippen molar-refractivity contribution in [2.45, 2.75) is 78.7 Å². The summed E-state index contributed by atoms with van der Waals surface area (Å²) in [5, 5.41) is 8.63. The third-order valence-electron chi connectivity index (χ3n) is 3.73. The summed E-state index contributed by atoms with van der Waals surface area (Å²) in [4.78, 5) is 22.1. The Balaban J connectivity index is 4.60. The monoisotopic (exact) mass is 272 g/mol. The van der Waals surface area contributed by atoms with Crippen molar-refractivity contribution in [3.63, 3.8) is 0 Å². The topological polar surface area (TPSA) is 63.6 Å². The van der Waals surface area contributed by atoms with E-state index in [0.29, 0.717) is 0 Å². The summed E-state index contributed by atoms with van der Waals surface area (Å²) in [6.07, 6.45) is 4.62. The number of unbranched alkanes of at least 4 members (excludes halogenated alkanes) is 3. The Hall–Kier alpha value is -1.06. The number of carbonyl (C=O) groups is 2. The van der Waals surface area contributed by atoms with E-state index >= 15 is 0 Å². The van der Waals surface area contributed by atoms with E-state index in [9.17, 15) is 9.59 Å². The van der Waals surface area contributed by atoms with Gasteiger partial charge in [-0.05, 0) is 19.8 Å². The zero-order valence-electron chi connectivity index (χ0n) is 12.9. The second-order valence-corrected chi connectivity index (χ2v) is 6.34. The van der Waals surface area contributed by atoms with Gasteiger partial charge < -0.3 is 9.84 Å². The molecule has 112 valence electrons. The fourth-order valence-electron chi connectivity index (χ4n) is 1.88. The molecule has 4 heteroatoms. The molecule has 0 heterocycles. The molecular weight excluding hydrogens is 244 g/mol. The summed E-state index contributed by atoms with van der Waals surface area (Å²) in [7, 11) is 0. The van der Waals surface area contributed by atoms with E-state index in [1.807, 2.05) is 27.7 Å². The summed E-state index contributed by atoms with van der Waals surface area (Å²) in [6, 6.07) is 0. The van der Waals surface area contributed by atoms with Gasteiger partial charge in [0.1, 0.15) is 12.0 Å². The molecule has 0 aliphatic heterocycles. The number of carboxylic acid groups (broad SMARTS) is 1. The maximum absolute atomic E-state index is 11.6. The average molecular weight is 272 g/mol. The molecule has 0 radical (unpaired) electrons. The van der Waals surface area contributed by atoms with Gasteiger partial charge in [-0.1, -0.05) is 47.0 Å². The van der Waals surface area contributed by atoms with E-state index in [0.717, 1.165) is 25.7 Å². The van der Waals surface area contributed by atoms with Crippen LogP contribution < -0.4 is 0 Å². The van der Waals surface area contributed by atoms with Crippen LogP contribution in [-0.2, 0) is 14.3 Å². The van der Waals surface area contributed by atoms with Crippen LogP contribution in [0, 0.1) is 5.41 Å². The molecule has 0 saturated carbocycles. The fraction of sp³-hybridized carbons (Fsp3) is 0.867. The largest absolute Gasteiger partial charge is 0.481 e. The van der Waals surface area contributed by atoms with Gasteiger partial charge in [0.05, 0.1) is 0 Å². The third kappa shape index (κ3) is 6.60.